The Labute approximate surface area is 165 Å². The predicted molar refractivity (Wildman–Crippen MR) is 108 cm³/mol. The van der Waals surface area contributed by atoms with Crippen LogP contribution in [0.2, 0.25) is 0 Å². The Bertz CT molecular complexity index is 624. The van der Waals surface area contributed by atoms with Gasteiger partial charge in [-0.05, 0) is 61.7 Å². The van der Waals surface area contributed by atoms with E-state index in [1.807, 2.05) is 36.0 Å². The number of rotatable bonds is 6. The van der Waals surface area contributed by atoms with E-state index in [0.717, 1.165) is 43.3 Å². The summed E-state index contributed by atoms with van der Waals surface area (Å²) in [5.41, 5.74) is 0.925. The minimum Gasteiger partial charge on any atom is -0.497 e. The van der Waals surface area contributed by atoms with Crippen molar-refractivity contribution in [3.8, 4) is 5.75 Å². The van der Waals surface area contributed by atoms with Crippen molar-refractivity contribution < 1.29 is 14.3 Å². The molecule has 27 heavy (non-hydrogen) atoms. The van der Waals surface area contributed by atoms with Crippen LogP contribution in [0.5, 0.6) is 5.75 Å². The lowest BCUT2D eigenvalue weighted by Crippen LogP contribution is -2.45. The zero-order chi connectivity index (χ0) is 19.1. The Hall–Kier alpha value is -1.73. The fourth-order valence-corrected chi connectivity index (χ4v) is 4.91. The van der Waals surface area contributed by atoms with Crippen LogP contribution in [-0.2, 0) is 16.1 Å². The number of carbonyl (C=O) groups is 2. The van der Waals surface area contributed by atoms with Crippen LogP contribution in [0.3, 0.4) is 0 Å². The highest BCUT2D eigenvalue weighted by Gasteiger charge is 2.27. The van der Waals surface area contributed by atoms with Gasteiger partial charge in [-0.25, -0.2) is 0 Å². The molecule has 3 rings (SSSR count). The molecule has 2 aliphatic heterocycles. The van der Waals surface area contributed by atoms with Gasteiger partial charge < -0.3 is 15.4 Å². The largest absolute Gasteiger partial charge is 0.497 e. The number of hydrogen-bond acceptors (Lipinski definition) is 5. The average molecular weight is 392 g/mol. The molecule has 1 aromatic rings. The Balaban J connectivity index is 1.33. The van der Waals surface area contributed by atoms with Gasteiger partial charge in [0.25, 0.3) is 0 Å². The number of benzene rings is 1. The third-order valence-corrected chi connectivity index (χ3v) is 6.59. The minimum atomic E-state index is -0.578. The molecule has 2 heterocycles. The van der Waals surface area contributed by atoms with Gasteiger partial charge in [-0.3, -0.25) is 14.5 Å². The number of likely N-dealkylation sites (tertiary alicyclic amines) is 1. The topological polar surface area (TPSA) is 70.7 Å². The Morgan fingerprint density at radius 2 is 1.81 bits per heavy atom. The summed E-state index contributed by atoms with van der Waals surface area (Å²) >= 11 is 2.05. The highest BCUT2D eigenvalue weighted by Crippen LogP contribution is 2.26. The van der Waals surface area contributed by atoms with Crippen LogP contribution in [0.4, 0.5) is 0 Å². The summed E-state index contributed by atoms with van der Waals surface area (Å²) < 4.78 is 5.10. The summed E-state index contributed by atoms with van der Waals surface area (Å²) in [5.74, 6) is 2.65. The molecule has 0 aliphatic carbocycles. The number of hydrogen-bond donors (Lipinski definition) is 2. The van der Waals surface area contributed by atoms with E-state index in [4.69, 9.17) is 4.74 Å². The van der Waals surface area contributed by atoms with E-state index in [1.54, 1.807) is 7.11 Å². The quantitative estimate of drug-likeness (QED) is 0.722. The average Bonchev–Trinajstić information content (AvgIpc) is 3.26. The number of piperidine rings is 1. The molecule has 2 aliphatic rings. The predicted octanol–water partition coefficient (Wildman–Crippen LogP) is 1.65. The fraction of sp³-hybridized carbons (Fsp3) is 0.600. The summed E-state index contributed by atoms with van der Waals surface area (Å²) in [4.78, 5) is 26.6. The van der Waals surface area contributed by atoms with Gasteiger partial charge in [0.15, 0.2) is 0 Å². The SMILES string of the molecule is COc1ccc(CNC(=O)C(=O)NCC2CCN(C3CCSC3)CC2)cc1. The second kappa shape index (κ2) is 9.99. The molecule has 2 N–H and O–H groups in total. The standard InChI is InChI=1S/C20H29N3O3S/c1-26-18-4-2-15(3-5-18)12-21-19(24)20(25)22-13-16-6-9-23(10-7-16)17-8-11-27-14-17/h2-5,16-17H,6-14H2,1H3,(H,21,24)(H,22,25). The number of carbonyl (C=O) groups excluding carboxylic acids is 2. The third-order valence-electron chi connectivity index (χ3n) is 5.44. The number of thioether (sulfide) groups is 1. The van der Waals surface area contributed by atoms with E-state index < -0.39 is 11.8 Å². The summed E-state index contributed by atoms with van der Waals surface area (Å²) in [6, 6.07) is 8.15. The van der Waals surface area contributed by atoms with Crippen molar-refractivity contribution in [1.82, 2.24) is 15.5 Å². The van der Waals surface area contributed by atoms with Gasteiger partial charge in [-0.1, -0.05) is 12.1 Å². The Kier molecular flexibility index (Phi) is 7.41. The number of nitrogens with zero attached hydrogens (tertiary/aromatic N) is 1. The molecule has 1 aromatic carbocycles. The molecular formula is C20H29N3O3S. The van der Waals surface area contributed by atoms with E-state index >= 15 is 0 Å². The van der Waals surface area contributed by atoms with Crippen LogP contribution in [0.15, 0.2) is 24.3 Å². The van der Waals surface area contributed by atoms with Crippen molar-refractivity contribution in [2.45, 2.75) is 31.8 Å². The van der Waals surface area contributed by atoms with Crippen LogP contribution < -0.4 is 15.4 Å². The van der Waals surface area contributed by atoms with E-state index in [0.29, 0.717) is 19.0 Å². The van der Waals surface area contributed by atoms with Gasteiger partial charge in [0.1, 0.15) is 5.75 Å². The first-order valence-corrected chi connectivity index (χ1v) is 10.8. The van der Waals surface area contributed by atoms with Crippen molar-refractivity contribution in [2.75, 3.05) is 38.2 Å². The van der Waals surface area contributed by atoms with Crippen molar-refractivity contribution >= 4 is 23.6 Å². The molecule has 7 heteroatoms. The smallest absolute Gasteiger partial charge is 0.309 e. The Morgan fingerprint density at radius 1 is 1.11 bits per heavy atom. The molecule has 0 saturated carbocycles. The highest BCUT2D eigenvalue weighted by atomic mass is 32.2. The minimum absolute atomic E-state index is 0.327. The lowest BCUT2D eigenvalue weighted by molar-refractivity contribution is -0.139. The molecular weight excluding hydrogens is 362 g/mol. The molecule has 2 saturated heterocycles. The Morgan fingerprint density at radius 3 is 2.44 bits per heavy atom. The van der Waals surface area contributed by atoms with Crippen molar-refractivity contribution in [1.29, 1.82) is 0 Å². The second-order valence-electron chi connectivity index (χ2n) is 7.24. The lowest BCUT2D eigenvalue weighted by Gasteiger charge is -2.35. The monoisotopic (exact) mass is 391 g/mol. The van der Waals surface area contributed by atoms with Crippen molar-refractivity contribution in [2.24, 2.45) is 5.92 Å². The molecule has 0 radical (unpaired) electrons. The molecule has 0 spiro atoms. The zero-order valence-electron chi connectivity index (χ0n) is 15.9. The molecule has 148 valence electrons. The van der Waals surface area contributed by atoms with Gasteiger partial charge in [-0.15, -0.1) is 0 Å². The van der Waals surface area contributed by atoms with Gasteiger partial charge in [0, 0.05) is 24.9 Å². The number of nitrogens with one attached hydrogen (secondary N) is 2. The maximum Gasteiger partial charge on any atom is 0.309 e. The normalized spacial score (nSPS) is 21.0. The number of ether oxygens (including phenoxy) is 1. The fourth-order valence-electron chi connectivity index (χ4n) is 3.66. The number of amides is 2. The highest BCUT2D eigenvalue weighted by molar-refractivity contribution is 7.99. The summed E-state index contributed by atoms with van der Waals surface area (Å²) in [5, 5.41) is 5.46. The van der Waals surface area contributed by atoms with Crippen LogP contribution >= 0.6 is 11.8 Å². The van der Waals surface area contributed by atoms with Crippen molar-refractivity contribution in [3.05, 3.63) is 29.8 Å². The summed E-state index contributed by atoms with van der Waals surface area (Å²) in [6.07, 6.45) is 3.49. The van der Waals surface area contributed by atoms with Gasteiger partial charge >= 0.3 is 11.8 Å². The number of methoxy groups -OCH3 is 1. The van der Waals surface area contributed by atoms with Crippen LogP contribution in [0, 0.1) is 5.92 Å². The first kappa shape index (κ1) is 20.0. The van der Waals surface area contributed by atoms with E-state index in [1.165, 1.54) is 17.9 Å². The van der Waals surface area contributed by atoms with E-state index in [2.05, 4.69) is 15.5 Å². The van der Waals surface area contributed by atoms with E-state index in [9.17, 15) is 9.59 Å². The summed E-state index contributed by atoms with van der Waals surface area (Å²) in [7, 11) is 1.61. The van der Waals surface area contributed by atoms with Crippen LogP contribution in [0.1, 0.15) is 24.8 Å². The molecule has 1 unspecified atom stereocenters. The second-order valence-corrected chi connectivity index (χ2v) is 8.39. The van der Waals surface area contributed by atoms with Crippen LogP contribution in [-0.4, -0.2) is 61.0 Å². The summed E-state index contributed by atoms with van der Waals surface area (Å²) in [6.45, 7) is 3.13. The molecule has 1 atom stereocenters. The third kappa shape index (κ3) is 5.87. The van der Waals surface area contributed by atoms with Gasteiger partial charge in [-0.2, -0.15) is 11.8 Å². The van der Waals surface area contributed by atoms with Crippen LogP contribution in [0.25, 0.3) is 0 Å². The van der Waals surface area contributed by atoms with E-state index in [-0.39, 0.29) is 0 Å². The van der Waals surface area contributed by atoms with Gasteiger partial charge in [0.2, 0.25) is 0 Å². The molecule has 2 fully saturated rings. The first-order chi connectivity index (χ1) is 13.2. The molecule has 2 amide bonds. The molecule has 0 aromatic heterocycles. The molecule has 0 bridgehead atoms. The molecule has 6 nitrogen and oxygen atoms in total. The van der Waals surface area contributed by atoms with Gasteiger partial charge in [0.05, 0.1) is 7.11 Å². The first-order valence-electron chi connectivity index (χ1n) is 9.66. The lowest BCUT2D eigenvalue weighted by atomic mass is 9.95. The maximum absolute atomic E-state index is 12.0. The maximum atomic E-state index is 12.0. The van der Waals surface area contributed by atoms with Crippen molar-refractivity contribution in [3.63, 3.8) is 0 Å². The zero-order valence-corrected chi connectivity index (χ0v) is 16.7.